The van der Waals surface area contributed by atoms with Crippen molar-refractivity contribution in [2.24, 2.45) is 4.99 Å². The van der Waals surface area contributed by atoms with E-state index in [1.54, 1.807) is 7.05 Å². The van der Waals surface area contributed by atoms with E-state index in [-0.39, 0.29) is 0 Å². The van der Waals surface area contributed by atoms with Gasteiger partial charge in [0, 0.05) is 25.2 Å². The number of nitrogens with one attached hydrogen (secondary N) is 2. The van der Waals surface area contributed by atoms with E-state index in [4.69, 9.17) is 11.6 Å². The average molecular weight is 300 g/mol. The standard InChI is InChI=1S/C14H22ClN3S/c1-16-14(17-9-5-6-10-19-2)18-11-12-7-3-4-8-13(12)15/h3-4,7-8H,5-6,9-11H2,1-2H3,(H2,16,17,18). The molecule has 0 spiro atoms. The van der Waals surface area contributed by atoms with Crippen LogP contribution in [0.5, 0.6) is 0 Å². The average Bonchev–Trinajstić information content (AvgIpc) is 2.43. The SMILES string of the molecule is CN=C(NCCCCSC)NCc1ccccc1Cl. The van der Waals surface area contributed by atoms with Gasteiger partial charge in [-0.2, -0.15) is 11.8 Å². The van der Waals surface area contributed by atoms with Gasteiger partial charge in [-0.3, -0.25) is 4.99 Å². The second-order valence-corrected chi connectivity index (χ2v) is 5.54. The third-order valence-electron chi connectivity index (χ3n) is 2.70. The lowest BCUT2D eigenvalue weighted by molar-refractivity contribution is 0.733. The van der Waals surface area contributed by atoms with Crippen LogP contribution in [0.25, 0.3) is 0 Å². The summed E-state index contributed by atoms with van der Waals surface area (Å²) in [6.45, 7) is 1.63. The summed E-state index contributed by atoms with van der Waals surface area (Å²) in [6.07, 6.45) is 4.53. The number of benzene rings is 1. The van der Waals surface area contributed by atoms with Crippen LogP contribution < -0.4 is 10.6 Å². The molecule has 0 heterocycles. The lowest BCUT2D eigenvalue weighted by Crippen LogP contribution is -2.37. The van der Waals surface area contributed by atoms with Crippen molar-refractivity contribution < 1.29 is 0 Å². The number of hydrogen-bond acceptors (Lipinski definition) is 2. The molecule has 0 fully saturated rings. The van der Waals surface area contributed by atoms with Crippen molar-refractivity contribution in [1.82, 2.24) is 10.6 Å². The minimum atomic E-state index is 0.685. The normalized spacial score (nSPS) is 11.4. The number of halogens is 1. The van der Waals surface area contributed by atoms with Gasteiger partial charge in [-0.15, -0.1) is 0 Å². The van der Waals surface area contributed by atoms with E-state index in [0.717, 1.165) is 29.5 Å². The van der Waals surface area contributed by atoms with Crippen molar-refractivity contribution >= 4 is 29.3 Å². The third-order valence-corrected chi connectivity index (χ3v) is 3.76. The lowest BCUT2D eigenvalue weighted by Gasteiger charge is -2.12. The molecular weight excluding hydrogens is 278 g/mol. The number of rotatable bonds is 7. The molecule has 0 saturated carbocycles. The number of unbranched alkanes of at least 4 members (excludes halogenated alkanes) is 1. The molecule has 0 aliphatic heterocycles. The Bertz CT molecular complexity index is 396. The van der Waals surface area contributed by atoms with Crippen molar-refractivity contribution in [2.75, 3.05) is 25.6 Å². The molecule has 0 aliphatic carbocycles. The summed E-state index contributed by atoms with van der Waals surface area (Å²) in [5.74, 6) is 2.04. The molecule has 0 bridgehead atoms. The molecule has 1 rings (SSSR count). The largest absolute Gasteiger partial charge is 0.356 e. The van der Waals surface area contributed by atoms with Crippen LogP contribution in [0.15, 0.2) is 29.3 Å². The highest BCUT2D eigenvalue weighted by atomic mass is 35.5. The first-order valence-corrected chi connectivity index (χ1v) is 8.22. The second-order valence-electron chi connectivity index (χ2n) is 4.14. The molecule has 5 heteroatoms. The van der Waals surface area contributed by atoms with Crippen LogP contribution in [0.4, 0.5) is 0 Å². The first-order valence-electron chi connectivity index (χ1n) is 6.44. The van der Waals surface area contributed by atoms with Crippen LogP contribution >= 0.6 is 23.4 Å². The Kier molecular flexibility index (Phi) is 8.50. The monoisotopic (exact) mass is 299 g/mol. The number of guanidine groups is 1. The number of aliphatic imine (C=N–C) groups is 1. The smallest absolute Gasteiger partial charge is 0.191 e. The van der Waals surface area contributed by atoms with Gasteiger partial charge in [-0.25, -0.2) is 0 Å². The third kappa shape index (κ3) is 6.73. The van der Waals surface area contributed by atoms with Gasteiger partial charge in [-0.1, -0.05) is 29.8 Å². The van der Waals surface area contributed by atoms with E-state index < -0.39 is 0 Å². The fourth-order valence-corrected chi connectivity index (χ4v) is 2.31. The summed E-state index contributed by atoms with van der Waals surface area (Å²) in [6, 6.07) is 7.84. The van der Waals surface area contributed by atoms with Gasteiger partial charge in [0.1, 0.15) is 0 Å². The molecule has 19 heavy (non-hydrogen) atoms. The van der Waals surface area contributed by atoms with Crippen LogP contribution in [-0.4, -0.2) is 31.6 Å². The molecule has 0 aliphatic rings. The van der Waals surface area contributed by atoms with Crippen LogP contribution in [-0.2, 0) is 6.54 Å². The Morgan fingerprint density at radius 3 is 2.74 bits per heavy atom. The van der Waals surface area contributed by atoms with E-state index in [0.29, 0.717) is 6.54 Å². The Hall–Kier alpha value is -0.870. The summed E-state index contributed by atoms with van der Waals surface area (Å²) in [5.41, 5.74) is 1.08. The van der Waals surface area contributed by atoms with Gasteiger partial charge in [0.05, 0.1) is 0 Å². The van der Waals surface area contributed by atoms with E-state index in [1.165, 1.54) is 12.2 Å². The molecule has 1 aromatic carbocycles. The number of thioether (sulfide) groups is 1. The van der Waals surface area contributed by atoms with Crippen molar-refractivity contribution in [2.45, 2.75) is 19.4 Å². The molecule has 0 saturated heterocycles. The second kappa shape index (κ2) is 9.98. The summed E-state index contributed by atoms with van der Waals surface area (Å²) in [7, 11) is 1.78. The molecule has 106 valence electrons. The van der Waals surface area contributed by atoms with Gasteiger partial charge in [0.25, 0.3) is 0 Å². The Labute approximate surface area is 125 Å². The van der Waals surface area contributed by atoms with E-state index in [1.807, 2.05) is 36.0 Å². The highest BCUT2D eigenvalue weighted by Gasteiger charge is 2.00. The predicted octanol–water partition coefficient (Wildman–Crippen LogP) is 3.15. The molecule has 0 unspecified atom stereocenters. The van der Waals surface area contributed by atoms with Crippen molar-refractivity contribution in [3.05, 3.63) is 34.9 Å². The summed E-state index contributed by atoms with van der Waals surface area (Å²) in [5, 5.41) is 7.35. The first-order chi connectivity index (χ1) is 9.27. The maximum atomic E-state index is 6.11. The van der Waals surface area contributed by atoms with Gasteiger partial charge in [-0.05, 0) is 36.5 Å². The summed E-state index contributed by atoms with van der Waals surface area (Å²) < 4.78 is 0. The Balaban J connectivity index is 2.28. The van der Waals surface area contributed by atoms with Crippen LogP contribution in [0.2, 0.25) is 5.02 Å². The molecule has 3 nitrogen and oxygen atoms in total. The van der Waals surface area contributed by atoms with E-state index in [9.17, 15) is 0 Å². The number of nitrogens with zero attached hydrogens (tertiary/aromatic N) is 1. The van der Waals surface area contributed by atoms with Gasteiger partial charge >= 0.3 is 0 Å². The zero-order valence-corrected chi connectivity index (χ0v) is 13.2. The molecule has 1 aromatic rings. The molecule has 0 atom stereocenters. The fourth-order valence-electron chi connectivity index (χ4n) is 1.62. The van der Waals surface area contributed by atoms with Gasteiger partial charge < -0.3 is 10.6 Å². The molecule has 2 N–H and O–H groups in total. The Morgan fingerprint density at radius 2 is 2.05 bits per heavy atom. The fraction of sp³-hybridized carbons (Fsp3) is 0.500. The van der Waals surface area contributed by atoms with Crippen molar-refractivity contribution in [3.63, 3.8) is 0 Å². The van der Waals surface area contributed by atoms with Crippen LogP contribution in [0.3, 0.4) is 0 Å². The first kappa shape index (κ1) is 16.2. The van der Waals surface area contributed by atoms with Crippen molar-refractivity contribution in [1.29, 1.82) is 0 Å². The minimum absolute atomic E-state index is 0.685. The number of hydrogen-bond donors (Lipinski definition) is 2. The summed E-state index contributed by atoms with van der Waals surface area (Å²) >= 11 is 8.00. The predicted molar refractivity (Wildman–Crippen MR) is 87.3 cm³/mol. The van der Waals surface area contributed by atoms with Crippen molar-refractivity contribution in [3.8, 4) is 0 Å². The van der Waals surface area contributed by atoms with E-state index in [2.05, 4.69) is 21.9 Å². The van der Waals surface area contributed by atoms with Gasteiger partial charge in [0.15, 0.2) is 5.96 Å². The molecule has 0 aromatic heterocycles. The molecular formula is C14H22ClN3S. The maximum Gasteiger partial charge on any atom is 0.191 e. The quantitative estimate of drug-likeness (QED) is 0.461. The highest BCUT2D eigenvalue weighted by molar-refractivity contribution is 7.98. The summed E-state index contributed by atoms with van der Waals surface area (Å²) in [4.78, 5) is 4.20. The molecule has 0 amide bonds. The maximum absolute atomic E-state index is 6.11. The van der Waals surface area contributed by atoms with Crippen LogP contribution in [0, 0.1) is 0 Å². The van der Waals surface area contributed by atoms with Crippen LogP contribution in [0.1, 0.15) is 18.4 Å². The van der Waals surface area contributed by atoms with Gasteiger partial charge in [0.2, 0.25) is 0 Å². The lowest BCUT2D eigenvalue weighted by atomic mass is 10.2. The zero-order chi connectivity index (χ0) is 13.9. The molecule has 0 radical (unpaired) electrons. The highest BCUT2D eigenvalue weighted by Crippen LogP contribution is 2.14. The zero-order valence-electron chi connectivity index (χ0n) is 11.6. The van der Waals surface area contributed by atoms with E-state index >= 15 is 0 Å². The Morgan fingerprint density at radius 1 is 1.26 bits per heavy atom. The topological polar surface area (TPSA) is 36.4 Å². The minimum Gasteiger partial charge on any atom is -0.356 e.